The largest absolute Gasteiger partial charge is 0.492 e. The number of hydrogen-bond acceptors (Lipinski definition) is 3. The maximum absolute atomic E-state index is 10.7. The number of carboxylic acid groups (broad SMARTS) is 1. The summed E-state index contributed by atoms with van der Waals surface area (Å²) in [6.07, 6.45) is 6.97. The van der Waals surface area contributed by atoms with Crippen molar-refractivity contribution in [3.63, 3.8) is 0 Å². The van der Waals surface area contributed by atoms with Gasteiger partial charge in [0, 0.05) is 33.0 Å². The van der Waals surface area contributed by atoms with Crippen LogP contribution in [0, 0.1) is 0 Å². The average Bonchev–Trinajstić information content (AvgIpc) is 3.06. The lowest BCUT2D eigenvalue weighted by atomic mass is 9.74. The maximum Gasteiger partial charge on any atom is 0.303 e. The monoisotopic (exact) mass is 445 g/mol. The Hall–Kier alpha value is -2.01. The maximum atomic E-state index is 10.7. The molecule has 0 radical (unpaired) electrons. The Labute approximate surface area is 187 Å². The fourth-order valence-electron chi connectivity index (χ4n) is 4.42. The second kappa shape index (κ2) is 9.01. The summed E-state index contributed by atoms with van der Waals surface area (Å²) >= 11 is 12.5. The van der Waals surface area contributed by atoms with E-state index in [-0.39, 0.29) is 11.8 Å². The molecule has 6 heteroatoms. The van der Waals surface area contributed by atoms with E-state index in [0.717, 1.165) is 56.0 Å². The Kier molecular flexibility index (Phi) is 6.37. The van der Waals surface area contributed by atoms with Crippen LogP contribution in [0.3, 0.4) is 0 Å². The number of carboxylic acids is 1. The van der Waals surface area contributed by atoms with E-state index in [1.807, 2.05) is 30.4 Å². The van der Waals surface area contributed by atoms with Crippen molar-refractivity contribution < 1.29 is 14.6 Å². The second-order valence-electron chi connectivity index (χ2n) is 8.13. The molecule has 1 fully saturated rings. The second-order valence-corrected chi connectivity index (χ2v) is 8.95. The van der Waals surface area contributed by atoms with E-state index in [9.17, 15) is 4.79 Å². The summed E-state index contributed by atoms with van der Waals surface area (Å²) in [5, 5.41) is 10.1. The molecule has 4 nitrogen and oxygen atoms in total. The summed E-state index contributed by atoms with van der Waals surface area (Å²) in [4.78, 5) is 13.1. The fourth-order valence-corrected chi connectivity index (χ4v) is 4.94. The van der Waals surface area contributed by atoms with E-state index in [2.05, 4.69) is 23.1 Å². The number of nitrogens with zero attached hydrogens (tertiary/aromatic N) is 1. The van der Waals surface area contributed by atoms with Gasteiger partial charge in [0.25, 0.3) is 0 Å². The zero-order valence-electron chi connectivity index (χ0n) is 16.7. The minimum Gasteiger partial charge on any atom is -0.492 e. The van der Waals surface area contributed by atoms with E-state index in [0.29, 0.717) is 16.5 Å². The summed E-state index contributed by atoms with van der Waals surface area (Å²) in [7, 11) is 0. The third-order valence-electron chi connectivity index (χ3n) is 6.20. The number of aliphatic carboxylic acids is 1. The van der Waals surface area contributed by atoms with Gasteiger partial charge in [-0.05, 0) is 62.7 Å². The molecule has 30 heavy (non-hydrogen) atoms. The molecule has 4 rings (SSSR count). The molecule has 1 spiro atoms. The number of ether oxygens (including phenoxy) is 1. The highest BCUT2D eigenvalue weighted by Gasteiger charge is 2.42. The van der Waals surface area contributed by atoms with Crippen molar-refractivity contribution in [2.24, 2.45) is 0 Å². The molecule has 1 saturated heterocycles. The highest BCUT2D eigenvalue weighted by atomic mass is 35.5. The molecule has 2 aliphatic heterocycles. The van der Waals surface area contributed by atoms with Gasteiger partial charge in [-0.1, -0.05) is 53.6 Å². The summed E-state index contributed by atoms with van der Waals surface area (Å²) in [5.41, 5.74) is 3.23. The number of hydrogen-bond donors (Lipinski definition) is 1. The smallest absolute Gasteiger partial charge is 0.303 e. The van der Waals surface area contributed by atoms with Crippen LogP contribution in [-0.2, 0) is 10.2 Å². The van der Waals surface area contributed by atoms with Gasteiger partial charge in [-0.25, -0.2) is 0 Å². The van der Waals surface area contributed by atoms with Crippen LogP contribution >= 0.6 is 23.2 Å². The summed E-state index contributed by atoms with van der Waals surface area (Å²) in [6, 6.07) is 11.9. The van der Waals surface area contributed by atoms with Gasteiger partial charge in [0.2, 0.25) is 0 Å². The first kappa shape index (κ1) is 21.2. The third kappa shape index (κ3) is 4.51. The molecule has 2 aliphatic rings. The van der Waals surface area contributed by atoms with Crippen LogP contribution in [0.25, 0.3) is 12.2 Å². The Morgan fingerprint density at radius 2 is 1.87 bits per heavy atom. The van der Waals surface area contributed by atoms with Crippen LogP contribution in [0.1, 0.15) is 42.4 Å². The number of piperidine rings is 1. The number of halogens is 2. The highest BCUT2D eigenvalue weighted by Crippen LogP contribution is 2.46. The predicted molar refractivity (Wildman–Crippen MR) is 122 cm³/mol. The third-order valence-corrected chi connectivity index (χ3v) is 6.86. The normalized spacial score (nSPS) is 17.9. The molecule has 158 valence electrons. The Balaban J connectivity index is 1.43. The quantitative estimate of drug-likeness (QED) is 0.574. The molecule has 2 heterocycles. The van der Waals surface area contributed by atoms with Gasteiger partial charge in [0.1, 0.15) is 5.75 Å². The number of rotatable bonds is 6. The average molecular weight is 446 g/mol. The minimum atomic E-state index is -0.719. The molecule has 0 bridgehead atoms. The molecular weight excluding hydrogens is 421 g/mol. The molecule has 0 saturated carbocycles. The van der Waals surface area contributed by atoms with Crippen molar-refractivity contribution in [2.75, 3.05) is 26.2 Å². The minimum absolute atomic E-state index is 0.0763. The molecule has 0 unspecified atom stereocenters. The van der Waals surface area contributed by atoms with E-state index in [1.54, 1.807) is 0 Å². The van der Waals surface area contributed by atoms with Crippen LogP contribution in [0.15, 0.2) is 36.4 Å². The van der Waals surface area contributed by atoms with Crippen LogP contribution in [-0.4, -0.2) is 42.2 Å². The van der Waals surface area contributed by atoms with Gasteiger partial charge in [0.15, 0.2) is 0 Å². The highest BCUT2D eigenvalue weighted by molar-refractivity contribution is 6.37. The van der Waals surface area contributed by atoms with Gasteiger partial charge in [0.05, 0.1) is 6.61 Å². The predicted octanol–water partition coefficient (Wildman–Crippen LogP) is 5.75. The van der Waals surface area contributed by atoms with Crippen molar-refractivity contribution in [2.45, 2.75) is 31.1 Å². The van der Waals surface area contributed by atoms with E-state index in [1.165, 1.54) is 5.56 Å². The van der Waals surface area contributed by atoms with Gasteiger partial charge in [-0.2, -0.15) is 0 Å². The van der Waals surface area contributed by atoms with Crippen LogP contribution < -0.4 is 4.74 Å². The summed E-state index contributed by atoms with van der Waals surface area (Å²) < 4.78 is 6.10. The fraction of sp³-hybridized carbons (Fsp3) is 0.375. The number of likely N-dealkylation sites (tertiary alicyclic amines) is 1. The van der Waals surface area contributed by atoms with E-state index >= 15 is 0 Å². The molecule has 2 aromatic rings. The van der Waals surface area contributed by atoms with Gasteiger partial charge in [-0.15, -0.1) is 0 Å². The van der Waals surface area contributed by atoms with Crippen molar-refractivity contribution in [1.29, 1.82) is 0 Å². The number of carbonyl (C=O) groups is 1. The van der Waals surface area contributed by atoms with Crippen molar-refractivity contribution >= 4 is 41.3 Å². The molecular formula is C24H25Cl2NO3. The molecule has 0 atom stereocenters. The molecule has 0 aromatic heterocycles. The van der Waals surface area contributed by atoms with Gasteiger partial charge >= 0.3 is 5.97 Å². The zero-order chi connectivity index (χ0) is 21.1. The number of benzene rings is 2. The molecule has 0 amide bonds. The summed E-state index contributed by atoms with van der Waals surface area (Å²) in [6.45, 7) is 3.53. The summed E-state index contributed by atoms with van der Waals surface area (Å²) in [5.74, 6) is 0.241. The molecule has 1 N–H and O–H groups in total. The van der Waals surface area contributed by atoms with E-state index < -0.39 is 5.97 Å². The lowest BCUT2D eigenvalue weighted by molar-refractivity contribution is -0.137. The molecule has 0 aliphatic carbocycles. The number of fused-ring (bicyclic) bond motifs is 2. The standard InChI is InChI=1S/C24H25Cl2NO3/c25-20-3-1-4-21(26)18(20)8-6-17-7-9-19-22(15-17)30-16-24(19)10-13-27(14-11-24)12-2-5-23(28)29/h1,3-4,6-9,15H,2,5,10-14,16H2,(H,28,29). The first-order valence-electron chi connectivity index (χ1n) is 10.3. The SMILES string of the molecule is O=C(O)CCCN1CCC2(CC1)COc1cc(C=Cc3c(Cl)cccc3Cl)ccc12. The topological polar surface area (TPSA) is 49.8 Å². The lowest BCUT2D eigenvalue weighted by Crippen LogP contribution is -2.43. The van der Waals surface area contributed by atoms with Gasteiger partial charge < -0.3 is 14.7 Å². The Morgan fingerprint density at radius 1 is 1.13 bits per heavy atom. The van der Waals surface area contributed by atoms with Crippen LogP contribution in [0.5, 0.6) is 5.75 Å². The van der Waals surface area contributed by atoms with Crippen molar-refractivity contribution in [3.05, 3.63) is 63.1 Å². The molecule has 2 aromatic carbocycles. The Morgan fingerprint density at radius 3 is 2.57 bits per heavy atom. The first-order chi connectivity index (χ1) is 14.5. The Bertz CT molecular complexity index is 945. The van der Waals surface area contributed by atoms with Crippen molar-refractivity contribution in [3.8, 4) is 5.75 Å². The lowest BCUT2D eigenvalue weighted by Gasteiger charge is -2.38. The first-order valence-corrected chi connectivity index (χ1v) is 11.1. The van der Waals surface area contributed by atoms with Crippen LogP contribution in [0.4, 0.5) is 0 Å². The van der Waals surface area contributed by atoms with Gasteiger partial charge in [-0.3, -0.25) is 4.79 Å². The van der Waals surface area contributed by atoms with Crippen molar-refractivity contribution in [1.82, 2.24) is 4.90 Å². The van der Waals surface area contributed by atoms with E-state index in [4.69, 9.17) is 33.0 Å². The van der Waals surface area contributed by atoms with Crippen LogP contribution in [0.2, 0.25) is 10.0 Å². The zero-order valence-corrected chi connectivity index (χ0v) is 18.3.